The Morgan fingerprint density at radius 2 is 1.84 bits per heavy atom. The van der Waals surface area contributed by atoms with E-state index in [1.165, 1.54) is 12.1 Å². The molecule has 1 amide bonds. The number of ether oxygens (including phenoxy) is 1. The number of alkyl halides is 5. The van der Waals surface area contributed by atoms with Gasteiger partial charge in [-0.25, -0.2) is 10.2 Å². The average Bonchev–Trinajstić information content (AvgIpc) is 3.08. The molecule has 1 atom stereocenters. The SMILES string of the molecule is CC(C)(C)OC(=O)NCC1CC2=C(CNN2C(F)F)N(c2ccc(C(F)(F)F)cc2)C1. The summed E-state index contributed by atoms with van der Waals surface area (Å²) in [4.78, 5) is 13.7. The van der Waals surface area contributed by atoms with E-state index in [1.54, 1.807) is 25.7 Å². The van der Waals surface area contributed by atoms with Gasteiger partial charge >= 0.3 is 18.8 Å². The number of hydrazine groups is 1. The molecule has 0 aliphatic carbocycles. The van der Waals surface area contributed by atoms with Crippen molar-refractivity contribution >= 4 is 11.8 Å². The number of nitrogens with zero attached hydrogens (tertiary/aromatic N) is 2. The van der Waals surface area contributed by atoms with Crippen molar-refractivity contribution in [2.24, 2.45) is 5.92 Å². The number of anilines is 1. The molecule has 31 heavy (non-hydrogen) atoms. The molecule has 0 bridgehead atoms. The predicted octanol–water partition coefficient (Wildman–Crippen LogP) is 4.31. The Hall–Kier alpha value is -2.56. The maximum atomic E-state index is 13.4. The van der Waals surface area contributed by atoms with Gasteiger partial charge in [-0.15, -0.1) is 0 Å². The fourth-order valence-electron chi connectivity index (χ4n) is 3.63. The van der Waals surface area contributed by atoms with Crippen molar-refractivity contribution in [3.8, 4) is 0 Å². The second-order valence-electron chi connectivity index (χ2n) is 8.48. The van der Waals surface area contributed by atoms with Crippen LogP contribution in [-0.4, -0.2) is 42.9 Å². The van der Waals surface area contributed by atoms with Crippen molar-refractivity contribution in [3.63, 3.8) is 0 Å². The van der Waals surface area contributed by atoms with Crippen LogP contribution in [0, 0.1) is 5.92 Å². The van der Waals surface area contributed by atoms with Crippen LogP contribution in [0.2, 0.25) is 0 Å². The molecule has 11 heteroatoms. The monoisotopic (exact) mass is 448 g/mol. The van der Waals surface area contributed by atoms with E-state index in [0.29, 0.717) is 23.6 Å². The van der Waals surface area contributed by atoms with Gasteiger partial charge in [0, 0.05) is 18.8 Å². The lowest BCUT2D eigenvalue weighted by Gasteiger charge is -2.36. The third kappa shape index (κ3) is 5.57. The highest BCUT2D eigenvalue weighted by Gasteiger charge is 2.38. The predicted molar refractivity (Wildman–Crippen MR) is 104 cm³/mol. The van der Waals surface area contributed by atoms with Gasteiger partial charge in [0.05, 0.1) is 23.5 Å². The molecule has 0 spiro atoms. The molecule has 172 valence electrons. The summed E-state index contributed by atoms with van der Waals surface area (Å²) in [5.41, 5.74) is 2.55. The van der Waals surface area contributed by atoms with E-state index >= 15 is 0 Å². The topological polar surface area (TPSA) is 56.8 Å². The van der Waals surface area contributed by atoms with Gasteiger partial charge in [-0.05, 0) is 57.4 Å². The Balaban J connectivity index is 1.81. The fourth-order valence-corrected chi connectivity index (χ4v) is 3.63. The van der Waals surface area contributed by atoms with E-state index in [0.717, 1.165) is 17.1 Å². The number of amides is 1. The number of benzene rings is 1. The number of carbonyl (C=O) groups excluding carboxylic acids is 1. The zero-order valence-corrected chi connectivity index (χ0v) is 17.4. The highest BCUT2D eigenvalue weighted by atomic mass is 19.4. The summed E-state index contributed by atoms with van der Waals surface area (Å²) in [6, 6.07) is 4.57. The van der Waals surface area contributed by atoms with Gasteiger partial charge < -0.3 is 15.0 Å². The number of halogens is 5. The normalized spacial score (nSPS) is 19.7. The summed E-state index contributed by atoms with van der Waals surface area (Å²) < 4.78 is 70.8. The van der Waals surface area contributed by atoms with Crippen LogP contribution in [0.3, 0.4) is 0 Å². The third-order valence-electron chi connectivity index (χ3n) is 4.92. The molecule has 0 radical (unpaired) electrons. The third-order valence-corrected chi connectivity index (χ3v) is 4.92. The number of alkyl carbamates (subject to hydrolysis) is 1. The average molecular weight is 448 g/mol. The van der Waals surface area contributed by atoms with Crippen LogP contribution < -0.4 is 15.6 Å². The Kier molecular flexibility index (Phi) is 6.35. The Labute approximate surface area is 177 Å². The molecular formula is C20H25F5N4O2. The van der Waals surface area contributed by atoms with Crippen molar-refractivity contribution in [1.82, 2.24) is 15.8 Å². The summed E-state index contributed by atoms with van der Waals surface area (Å²) in [6.07, 6.45) is -4.81. The van der Waals surface area contributed by atoms with Crippen molar-refractivity contribution in [2.75, 3.05) is 24.5 Å². The molecular weight excluding hydrogens is 423 g/mol. The Morgan fingerprint density at radius 1 is 1.19 bits per heavy atom. The number of rotatable bonds is 4. The van der Waals surface area contributed by atoms with Gasteiger partial charge in [0.15, 0.2) is 0 Å². The molecule has 1 unspecified atom stereocenters. The molecule has 2 N–H and O–H groups in total. The maximum Gasteiger partial charge on any atom is 0.416 e. The van der Waals surface area contributed by atoms with E-state index < -0.39 is 30.0 Å². The van der Waals surface area contributed by atoms with E-state index in [9.17, 15) is 26.7 Å². The van der Waals surface area contributed by atoms with Crippen molar-refractivity contribution in [3.05, 3.63) is 41.2 Å². The molecule has 2 aliphatic rings. The standard InChI is InChI=1S/C20H25F5N4O2/c1-19(2,3)31-18(30)26-9-12-8-15-16(10-27-29(15)17(21)22)28(11-12)14-6-4-13(5-7-14)20(23,24)25/h4-7,12,17,27H,8-11H2,1-3H3,(H,26,30). The molecule has 2 heterocycles. The lowest BCUT2D eigenvalue weighted by Crippen LogP contribution is -2.43. The first-order valence-electron chi connectivity index (χ1n) is 9.79. The van der Waals surface area contributed by atoms with Crippen LogP contribution in [0.15, 0.2) is 35.7 Å². The number of nitrogens with one attached hydrogen (secondary N) is 2. The summed E-state index contributed by atoms with van der Waals surface area (Å²) in [6.45, 7) is 3.04. The molecule has 1 aromatic rings. The van der Waals surface area contributed by atoms with E-state index in [-0.39, 0.29) is 25.4 Å². The highest BCUT2D eigenvalue weighted by molar-refractivity contribution is 5.67. The highest BCUT2D eigenvalue weighted by Crippen LogP contribution is 2.37. The molecule has 3 rings (SSSR count). The summed E-state index contributed by atoms with van der Waals surface area (Å²) in [7, 11) is 0. The smallest absolute Gasteiger partial charge is 0.416 e. The van der Waals surface area contributed by atoms with Gasteiger partial charge in [-0.3, -0.25) is 5.01 Å². The lowest BCUT2D eigenvalue weighted by molar-refractivity contribution is -0.137. The van der Waals surface area contributed by atoms with E-state index in [1.807, 2.05) is 0 Å². The second kappa shape index (κ2) is 8.52. The number of allylic oxidation sites excluding steroid dienone is 1. The van der Waals surface area contributed by atoms with Crippen LogP contribution in [0.1, 0.15) is 32.8 Å². The minimum absolute atomic E-state index is 0.132. The first-order chi connectivity index (χ1) is 14.3. The fraction of sp³-hybridized carbons (Fsp3) is 0.550. The second-order valence-corrected chi connectivity index (χ2v) is 8.48. The molecule has 0 saturated carbocycles. The van der Waals surface area contributed by atoms with Crippen molar-refractivity contribution in [1.29, 1.82) is 0 Å². The van der Waals surface area contributed by atoms with Gasteiger partial charge in [0.1, 0.15) is 5.60 Å². The van der Waals surface area contributed by atoms with Gasteiger partial charge in [0.2, 0.25) is 0 Å². The maximum absolute atomic E-state index is 13.4. The minimum Gasteiger partial charge on any atom is -0.444 e. The van der Waals surface area contributed by atoms with Crippen molar-refractivity contribution < 1.29 is 31.5 Å². The van der Waals surface area contributed by atoms with Crippen LogP contribution in [0.25, 0.3) is 0 Å². The first-order valence-corrected chi connectivity index (χ1v) is 9.79. The first kappa shape index (κ1) is 23.1. The number of hydrogen-bond acceptors (Lipinski definition) is 5. The minimum atomic E-state index is -4.47. The number of hydrogen-bond donors (Lipinski definition) is 2. The molecule has 1 aromatic carbocycles. The molecule has 6 nitrogen and oxygen atoms in total. The summed E-state index contributed by atoms with van der Waals surface area (Å²) >= 11 is 0. The van der Waals surface area contributed by atoms with Gasteiger partial charge in [0.25, 0.3) is 0 Å². The zero-order chi connectivity index (χ0) is 23.0. The van der Waals surface area contributed by atoms with Crippen LogP contribution >= 0.6 is 0 Å². The quantitative estimate of drug-likeness (QED) is 0.531. The molecule has 0 aromatic heterocycles. The van der Waals surface area contributed by atoms with Crippen LogP contribution in [0.5, 0.6) is 0 Å². The van der Waals surface area contributed by atoms with Crippen LogP contribution in [0.4, 0.5) is 32.4 Å². The zero-order valence-electron chi connectivity index (χ0n) is 17.4. The van der Waals surface area contributed by atoms with Crippen molar-refractivity contribution in [2.45, 2.75) is 45.5 Å². The van der Waals surface area contributed by atoms with Gasteiger partial charge in [-0.2, -0.15) is 22.0 Å². The van der Waals surface area contributed by atoms with Gasteiger partial charge in [-0.1, -0.05) is 0 Å². The Morgan fingerprint density at radius 3 is 2.39 bits per heavy atom. The largest absolute Gasteiger partial charge is 0.444 e. The molecule has 0 saturated heterocycles. The van der Waals surface area contributed by atoms with E-state index in [4.69, 9.17) is 4.74 Å². The van der Waals surface area contributed by atoms with Crippen LogP contribution in [-0.2, 0) is 10.9 Å². The summed E-state index contributed by atoms with van der Waals surface area (Å²) in [5, 5.41) is 3.42. The number of carbonyl (C=O) groups is 1. The van der Waals surface area contributed by atoms with E-state index in [2.05, 4.69) is 10.7 Å². The summed E-state index contributed by atoms with van der Waals surface area (Å²) in [5.74, 6) is -0.255. The molecule has 2 aliphatic heterocycles. The Bertz CT molecular complexity index is 833. The molecule has 0 fully saturated rings. The lowest BCUT2D eigenvalue weighted by atomic mass is 9.96.